The highest BCUT2D eigenvalue weighted by molar-refractivity contribution is 7.91. The normalized spacial score (nSPS) is 11.1. The first-order valence-electron chi connectivity index (χ1n) is 7.06. The van der Waals surface area contributed by atoms with Crippen molar-refractivity contribution in [2.45, 2.75) is 11.3 Å². The van der Waals surface area contributed by atoms with Crippen molar-refractivity contribution in [2.24, 2.45) is 5.73 Å². The van der Waals surface area contributed by atoms with Crippen molar-refractivity contribution in [2.75, 3.05) is 11.1 Å². The Morgan fingerprint density at radius 1 is 1.04 bits per heavy atom. The molecule has 132 valence electrons. The van der Waals surface area contributed by atoms with Crippen molar-refractivity contribution in [1.29, 1.82) is 0 Å². The summed E-state index contributed by atoms with van der Waals surface area (Å²) in [6.45, 7) is 0. The van der Waals surface area contributed by atoms with E-state index < -0.39 is 21.7 Å². The van der Waals surface area contributed by atoms with E-state index in [9.17, 15) is 18.0 Å². The highest BCUT2D eigenvalue weighted by Crippen LogP contribution is 2.21. The molecule has 0 unspecified atom stereocenters. The Bertz CT molecular complexity index is 912. The number of hydrogen-bond acceptors (Lipinski definition) is 4. The first kappa shape index (κ1) is 19.2. The standard InChI is InChI=1S/C16H14Cl2N2O4S/c17-10-1-4-12(5-2-10)25(23,24)8-7-15(21)20-11-3-6-14(18)13(9-11)16(19)22/h1-6,9H,7-8H2,(H2,19,22)(H,20,21). The SMILES string of the molecule is NC(=O)c1cc(NC(=O)CCS(=O)(=O)c2ccc(Cl)cc2)ccc1Cl. The van der Waals surface area contributed by atoms with Gasteiger partial charge in [-0.05, 0) is 42.5 Å². The lowest BCUT2D eigenvalue weighted by Gasteiger charge is -2.08. The van der Waals surface area contributed by atoms with Gasteiger partial charge in [0, 0.05) is 17.1 Å². The molecule has 0 radical (unpaired) electrons. The number of hydrogen-bond donors (Lipinski definition) is 2. The highest BCUT2D eigenvalue weighted by Gasteiger charge is 2.17. The van der Waals surface area contributed by atoms with Crippen molar-refractivity contribution < 1.29 is 18.0 Å². The van der Waals surface area contributed by atoms with Gasteiger partial charge in [0.05, 0.1) is 21.2 Å². The third kappa shape index (κ3) is 5.19. The van der Waals surface area contributed by atoms with Crippen molar-refractivity contribution in [3.8, 4) is 0 Å². The molecule has 25 heavy (non-hydrogen) atoms. The van der Waals surface area contributed by atoms with E-state index in [1.807, 2.05) is 0 Å². The third-order valence-corrected chi connectivity index (χ3v) is 5.60. The molecule has 6 nitrogen and oxygen atoms in total. The van der Waals surface area contributed by atoms with Gasteiger partial charge in [-0.1, -0.05) is 23.2 Å². The Balaban J connectivity index is 2.02. The number of anilines is 1. The van der Waals surface area contributed by atoms with Crippen LogP contribution in [-0.4, -0.2) is 26.0 Å². The maximum absolute atomic E-state index is 12.2. The summed E-state index contributed by atoms with van der Waals surface area (Å²) in [5, 5.41) is 3.09. The van der Waals surface area contributed by atoms with E-state index in [2.05, 4.69) is 5.32 Å². The van der Waals surface area contributed by atoms with E-state index in [4.69, 9.17) is 28.9 Å². The topological polar surface area (TPSA) is 106 Å². The van der Waals surface area contributed by atoms with Crippen LogP contribution in [-0.2, 0) is 14.6 Å². The minimum atomic E-state index is -3.61. The summed E-state index contributed by atoms with van der Waals surface area (Å²) in [7, 11) is -3.61. The molecule has 0 bridgehead atoms. The van der Waals surface area contributed by atoms with Gasteiger partial charge < -0.3 is 11.1 Å². The first-order chi connectivity index (χ1) is 11.7. The van der Waals surface area contributed by atoms with Crippen molar-refractivity contribution in [1.82, 2.24) is 0 Å². The van der Waals surface area contributed by atoms with E-state index in [0.717, 1.165) is 0 Å². The molecule has 2 aromatic carbocycles. The molecule has 0 saturated heterocycles. The highest BCUT2D eigenvalue weighted by atomic mass is 35.5. The van der Waals surface area contributed by atoms with E-state index in [-0.39, 0.29) is 27.7 Å². The zero-order valence-corrected chi connectivity index (χ0v) is 15.2. The van der Waals surface area contributed by atoms with Crippen LogP contribution in [0.2, 0.25) is 10.0 Å². The molecule has 0 atom stereocenters. The van der Waals surface area contributed by atoms with Gasteiger partial charge >= 0.3 is 0 Å². The molecule has 0 aliphatic rings. The minimum absolute atomic E-state index is 0.0632. The van der Waals surface area contributed by atoms with Crippen LogP contribution in [0.5, 0.6) is 0 Å². The molecule has 9 heteroatoms. The van der Waals surface area contributed by atoms with Crippen LogP contribution in [0.15, 0.2) is 47.4 Å². The third-order valence-electron chi connectivity index (χ3n) is 3.29. The van der Waals surface area contributed by atoms with Gasteiger partial charge in [-0.25, -0.2) is 8.42 Å². The van der Waals surface area contributed by atoms with Gasteiger partial charge in [-0.3, -0.25) is 9.59 Å². The lowest BCUT2D eigenvalue weighted by molar-refractivity contribution is -0.115. The molecular weight excluding hydrogens is 387 g/mol. The summed E-state index contributed by atoms with van der Waals surface area (Å²) in [5.74, 6) is -1.61. The number of nitrogens with two attached hydrogens (primary N) is 1. The van der Waals surface area contributed by atoms with Crippen LogP contribution >= 0.6 is 23.2 Å². The van der Waals surface area contributed by atoms with Crippen LogP contribution in [0, 0.1) is 0 Å². The number of benzene rings is 2. The number of nitrogens with one attached hydrogen (secondary N) is 1. The largest absolute Gasteiger partial charge is 0.366 e. The summed E-state index contributed by atoms with van der Waals surface area (Å²) in [6, 6.07) is 9.93. The van der Waals surface area contributed by atoms with Crippen molar-refractivity contribution in [3.63, 3.8) is 0 Å². The van der Waals surface area contributed by atoms with Crippen LogP contribution < -0.4 is 11.1 Å². The van der Waals surface area contributed by atoms with Crippen molar-refractivity contribution >= 4 is 50.5 Å². The van der Waals surface area contributed by atoms with Crippen molar-refractivity contribution in [3.05, 3.63) is 58.1 Å². The number of carbonyl (C=O) groups excluding carboxylic acids is 2. The maximum Gasteiger partial charge on any atom is 0.250 e. The maximum atomic E-state index is 12.2. The zero-order chi connectivity index (χ0) is 18.6. The van der Waals surface area contributed by atoms with Gasteiger partial charge in [-0.15, -0.1) is 0 Å². The van der Waals surface area contributed by atoms with Gasteiger partial charge in [0.2, 0.25) is 11.8 Å². The molecule has 3 N–H and O–H groups in total. The quantitative estimate of drug-likeness (QED) is 0.776. The Morgan fingerprint density at radius 2 is 1.68 bits per heavy atom. The minimum Gasteiger partial charge on any atom is -0.366 e. The second-order valence-electron chi connectivity index (χ2n) is 5.13. The van der Waals surface area contributed by atoms with E-state index in [0.29, 0.717) is 10.7 Å². The molecule has 0 fully saturated rings. The average Bonchev–Trinajstić information content (AvgIpc) is 2.55. The Morgan fingerprint density at radius 3 is 2.28 bits per heavy atom. The van der Waals surface area contributed by atoms with E-state index in [1.165, 1.54) is 42.5 Å². The summed E-state index contributed by atoms with van der Waals surface area (Å²) in [4.78, 5) is 23.3. The fraction of sp³-hybridized carbons (Fsp3) is 0.125. The molecule has 0 aliphatic carbocycles. The van der Waals surface area contributed by atoms with Crippen LogP contribution in [0.25, 0.3) is 0 Å². The van der Waals surface area contributed by atoms with Gasteiger partial charge in [0.1, 0.15) is 0 Å². The summed E-state index contributed by atoms with van der Waals surface area (Å²) in [5.41, 5.74) is 5.54. The average molecular weight is 401 g/mol. The summed E-state index contributed by atoms with van der Waals surface area (Å²) in [6.07, 6.45) is -0.251. The summed E-state index contributed by atoms with van der Waals surface area (Å²) >= 11 is 11.5. The predicted octanol–water partition coefficient (Wildman–Crippen LogP) is 2.89. The number of carbonyl (C=O) groups is 2. The number of rotatable bonds is 6. The number of primary amides is 1. The van der Waals surface area contributed by atoms with E-state index >= 15 is 0 Å². The second kappa shape index (κ2) is 7.86. The zero-order valence-electron chi connectivity index (χ0n) is 12.8. The van der Waals surface area contributed by atoms with Gasteiger partial charge in [0.25, 0.3) is 0 Å². The Hall–Kier alpha value is -2.09. The number of amides is 2. The number of halogens is 2. The predicted molar refractivity (Wildman–Crippen MR) is 96.7 cm³/mol. The fourth-order valence-electron chi connectivity index (χ4n) is 2.00. The first-order valence-corrected chi connectivity index (χ1v) is 9.47. The fourth-order valence-corrected chi connectivity index (χ4v) is 3.58. The van der Waals surface area contributed by atoms with Gasteiger partial charge in [0.15, 0.2) is 9.84 Å². The monoisotopic (exact) mass is 400 g/mol. The van der Waals surface area contributed by atoms with Crippen LogP contribution in [0.1, 0.15) is 16.8 Å². The Labute approximate surface area is 154 Å². The van der Waals surface area contributed by atoms with Crippen LogP contribution in [0.3, 0.4) is 0 Å². The molecule has 0 aromatic heterocycles. The van der Waals surface area contributed by atoms with Crippen LogP contribution in [0.4, 0.5) is 5.69 Å². The number of sulfone groups is 1. The second-order valence-corrected chi connectivity index (χ2v) is 8.08. The smallest absolute Gasteiger partial charge is 0.250 e. The lowest BCUT2D eigenvalue weighted by atomic mass is 10.2. The Kier molecular flexibility index (Phi) is 6.05. The molecule has 0 spiro atoms. The van der Waals surface area contributed by atoms with E-state index in [1.54, 1.807) is 0 Å². The molecule has 2 rings (SSSR count). The summed E-state index contributed by atoms with van der Waals surface area (Å²) < 4.78 is 24.4. The lowest BCUT2D eigenvalue weighted by Crippen LogP contribution is -2.18. The molecule has 2 amide bonds. The molecular formula is C16H14Cl2N2O4S. The van der Waals surface area contributed by atoms with Gasteiger partial charge in [-0.2, -0.15) is 0 Å². The molecule has 0 heterocycles. The molecule has 2 aromatic rings. The molecule has 0 saturated carbocycles. The molecule has 0 aliphatic heterocycles.